The van der Waals surface area contributed by atoms with E-state index >= 15 is 0 Å². The fourth-order valence-electron chi connectivity index (χ4n) is 3.68. The molecular weight excluding hydrogens is 334 g/mol. The Balaban J connectivity index is 1.69. The number of nitrogens with one attached hydrogen (secondary N) is 2. The zero-order chi connectivity index (χ0) is 19.4. The van der Waals surface area contributed by atoms with Gasteiger partial charge in [-0.3, -0.25) is 0 Å². The average Bonchev–Trinajstić information content (AvgIpc) is 2.59. The summed E-state index contributed by atoms with van der Waals surface area (Å²) in [5.74, 6) is 0.670. The maximum atomic E-state index is 5.85. The van der Waals surface area contributed by atoms with Crippen molar-refractivity contribution in [1.29, 1.82) is 0 Å². The number of anilines is 1. The summed E-state index contributed by atoms with van der Waals surface area (Å²) in [6.45, 7) is 10.5. The van der Waals surface area contributed by atoms with E-state index < -0.39 is 0 Å². The summed E-state index contributed by atoms with van der Waals surface area (Å²) < 4.78 is 0. The molecule has 144 valence electrons. The van der Waals surface area contributed by atoms with Crippen LogP contribution in [-0.4, -0.2) is 27.6 Å². The van der Waals surface area contributed by atoms with Crippen LogP contribution in [0.2, 0.25) is 0 Å². The maximum Gasteiger partial charge on any atom is 0.223 e. The van der Waals surface area contributed by atoms with Gasteiger partial charge in [-0.2, -0.15) is 0 Å². The first-order chi connectivity index (χ1) is 12.8. The molecule has 0 saturated carbocycles. The Labute approximate surface area is 162 Å². The largest absolute Gasteiger partial charge is 0.384 e. The van der Waals surface area contributed by atoms with E-state index in [0.29, 0.717) is 5.95 Å². The number of aromatic nitrogens is 2. The van der Waals surface area contributed by atoms with Gasteiger partial charge in [0.2, 0.25) is 5.95 Å². The Bertz CT molecular complexity index is 780. The molecule has 1 saturated heterocycles. The van der Waals surface area contributed by atoms with Gasteiger partial charge >= 0.3 is 0 Å². The number of nitrogens with two attached hydrogens (primary N) is 1. The van der Waals surface area contributed by atoms with E-state index in [4.69, 9.17) is 10.7 Å². The van der Waals surface area contributed by atoms with Gasteiger partial charge in [-0.1, -0.05) is 30.8 Å². The molecule has 0 aliphatic carbocycles. The number of hydrogen-bond donors (Lipinski definition) is 3. The summed E-state index contributed by atoms with van der Waals surface area (Å²) in [7, 11) is 0. The Morgan fingerprint density at radius 3 is 2.70 bits per heavy atom. The molecule has 5 nitrogen and oxygen atoms in total. The van der Waals surface area contributed by atoms with Crippen LogP contribution in [0.4, 0.5) is 5.95 Å². The van der Waals surface area contributed by atoms with Gasteiger partial charge < -0.3 is 16.4 Å². The minimum atomic E-state index is 0.0292. The number of aryl methyl sites for hydroxylation is 1. The van der Waals surface area contributed by atoms with Crippen LogP contribution < -0.4 is 16.4 Å². The number of nitrogens with zero attached hydrogens (tertiary/aromatic N) is 2. The van der Waals surface area contributed by atoms with Crippen molar-refractivity contribution in [3.8, 4) is 11.3 Å². The molecule has 27 heavy (non-hydrogen) atoms. The van der Waals surface area contributed by atoms with Crippen molar-refractivity contribution in [3.63, 3.8) is 0 Å². The highest BCUT2D eigenvalue weighted by Crippen LogP contribution is 2.26. The second kappa shape index (κ2) is 8.09. The molecule has 2 unspecified atom stereocenters. The first-order valence-electron chi connectivity index (χ1n) is 9.71. The van der Waals surface area contributed by atoms with Crippen molar-refractivity contribution in [1.82, 2.24) is 15.3 Å². The lowest BCUT2D eigenvalue weighted by Crippen LogP contribution is -2.48. The average molecular weight is 366 g/mol. The quantitative estimate of drug-likeness (QED) is 0.724. The normalized spacial score (nSPS) is 20.0. The van der Waals surface area contributed by atoms with Gasteiger partial charge in [-0.15, -0.1) is 0 Å². The number of rotatable bonds is 6. The zero-order valence-electron chi connectivity index (χ0n) is 16.6. The topological polar surface area (TPSA) is 75.9 Å². The van der Waals surface area contributed by atoms with E-state index in [1.165, 1.54) is 5.56 Å². The minimum absolute atomic E-state index is 0.0292. The highest BCUT2D eigenvalue weighted by molar-refractivity contribution is 5.60. The van der Waals surface area contributed by atoms with Crippen molar-refractivity contribution in [2.45, 2.75) is 64.1 Å². The summed E-state index contributed by atoms with van der Waals surface area (Å²) >= 11 is 0. The van der Waals surface area contributed by atoms with Crippen LogP contribution in [0.3, 0.4) is 0 Å². The molecular formula is C22H31N5. The molecule has 2 heterocycles. The fourth-order valence-corrected chi connectivity index (χ4v) is 3.68. The third kappa shape index (κ3) is 5.54. The Morgan fingerprint density at radius 1 is 1.30 bits per heavy atom. The summed E-state index contributed by atoms with van der Waals surface area (Å²) in [4.78, 5) is 9.13. The SMILES string of the molecule is C=C1CC(Nc2nccc(-c3ccc(CCC(C)N)cc3)n2)CC(C)(C)N1. The molecule has 1 aromatic heterocycles. The molecule has 1 aromatic carbocycles. The molecule has 2 aromatic rings. The molecule has 0 amide bonds. The van der Waals surface area contributed by atoms with Gasteiger partial charge in [0.15, 0.2) is 0 Å². The van der Waals surface area contributed by atoms with Crippen molar-refractivity contribution >= 4 is 5.95 Å². The van der Waals surface area contributed by atoms with E-state index in [1.54, 1.807) is 0 Å². The lowest BCUT2D eigenvalue weighted by molar-refractivity contribution is 0.324. The van der Waals surface area contributed by atoms with Crippen LogP contribution in [0.5, 0.6) is 0 Å². The monoisotopic (exact) mass is 365 g/mol. The van der Waals surface area contributed by atoms with Crippen LogP contribution in [-0.2, 0) is 6.42 Å². The molecule has 0 radical (unpaired) electrons. The predicted molar refractivity (Wildman–Crippen MR) is 112 cm³/mol. The molecule has 1 aliphatic heterocycles. The maximum absolute atomic E-state index is 5.85. The first kappa shape index (κ1) is 19.4. The van der Waals surface area contributed by atoms with Crippen LogP contribution in [0.15, 0.2) is 48.8 Å². The van der Waals surface area contributed by atoms with Gasteiger partial charge in [0.1, 0.15) is 0 Å². The fraction of sp³-hybridized carbons (Fsp3) is 0.455. The third-order valence-electron chi connectivity index (χ3n) is 4.89. The van der Waals surface area contributed by atoms with Crippen molar-refractivity contribution in [3.05, 3.63) is 54.4 Å². The van der Waals surface area contributed by atoms with E-state index in [2.05, 4.69) is 60.3 Å². The smallest absolute Gasteiger partial charge is 0.223 e. The highest BCUT2D eigenvalue weighted by Gasteiger charge is 2.29. The van der Waals surface area contributed by atoms with E-state index in [-0.39, 0.29) is 17.6 Å². The van der Waals surface area contributed by atoms with Crippen LogP contribution in [0, 0.1) is 0 Å². The molecule has 4 N–H and O–H groups in total. The molecule has 1 aliphatic rings. The summed E-state index contributed by atoms with van der Waals surface area (Å²) in [5, 5.41) is 6.93. The van der Waals surface area contributed by atoms with Gasteiger partial charge in [-0.05, 0) is 51.7 Å². The van der Waals surface area contributed by atoms with Crippen molar-refractivity contribution < 1.29 is 0 Å². The van der Waals surface area contributed by atoms with E-state index in [1.807, 2.05) is 19.2 Å². The van der Waals surface area contributed by atoms with Crippen molar-refractivity contribution in [2.24, 2.45) is 5.73 Å². The van der Waals surface area contributed by atoms with E-state index in [0.717, 1.165) is 42.6 Å². The molecule has 0 bridgehead atoms. The summed E-state index contributed by atoms with van der Waals surface area (Å²) in [6.07, 6.45) is 5.69. The first-order valence-corrected chi connectivity index (χ1v) is 9.71. The molecule has 5 heteroatoms. The van der Waals surface area contributed by atoms with Gasteiger partial charge in [-0.25, -0.2) is 9.97 Å². The predicted octanol–water partition coefficient (Wildman–Crippen LogP) is 3.88. The van der Waals surface area contributed by atoms with Crippen LogP contribution in [0.25, 0.3) is 11.3 Å². The number of piperidine rings is 1. The van der Waals surface area contributed by atoms with E-state index in [9.17, 15) is 0 Å². The van der Waals surface area contributed by atoms with Gasteiger partial charge in [0.05, 0.1) is 5.69 Å². The number of hydrogen-bond acceptors (Lipinski definition) is 5. The third-order valence-corrected chi connectivity index (χ3v) is 4.89. The zero-order valence-corrected chi connectivity index (χ0v) is 16.6. The second-order valence-electron chi connectivity index (χ2n) is 8.34. The van der Waals surface area contributed by atoms with Crippen LogP contribution in [0.1, 0.15) is 45.6 Å². The summed E-state index contributed by atoms with van der Waals surface area (Å²) in [5.41, 5.74) is 10.3. The second-order valence-corrected chi connectivity index (χ2v) is 8.34. The molecule has 0 spiro atoms. The molecule has 2 atom stereocenters. The number of benzene rings is 1. The lowest BCUT2D eigenvalue weighted by atomic mass is 9.88. The highest BCUT2D eigenvalue weighted by atomic mass is 15.1. The van der Waals surface area contributed by atoms with Gasteiger partial charge in [0, 0.05) is 41.5 Å². The minimum Gasteiger partial charge on any atom is -0.384 e. The summed E-state index contributed by atoms with van der Waals surface area (Å²) in [6, 6.07) is 11.0. The van der Waals surface area contributed by atoms with Crippen molar-refractivity contribution in [2.75, 3.05) is 5.32 Å². The van der Waals surface area contributed by atoms with Gasteiger partial charge in [0.25, 0.3) is 0 Å². The molecule has 3 rings (SSSR count). The Kier molecular flexibility index (Phi) is 5.80. The molecule has 1 fully saturated rings. The standard InChI is InChI=1S/C22H31N5/c1-15(23)5-6-17-7-9-18(10-8-17)20-11-12-24-21(26-20)25-19-13-16(2)27-22(3,4)14-19/h7-12,15,19,27H,2,5-6,13-14,23H2,1,3-4H3,(H,24,25,26). The van der Waals surface area contributed by atoms with Crippen LogP contribution >= 0.6 is 0 Å². The Morgan fingerprint density at radius 2 is 2.04 bits per heavy atom. The lowest BCUT2D eigenvalue weighted by Gasteiger charge is -2.38. The Hall–Kier alpha value is -2.40.